The average Bonchev–Trinajstić information content (AvgIpc) is 2.80. The van der Waals surface area contributed by atoms with Crippen molar-refractivity contribution in [1.29, 1.82) is 0 Å². The number of fused-ring (bicyclic) bond motifs is 5. The molecule has 1 heteroatoms. The Balaban J connectivity index is 1.63. The molecule has 0 amide bonds. The third-order valence-electron chi connectivity index (χ3n) is 9.84. The molecule has 0 spiro atoms. The molecule has 136 valence electrons. The van der Waals surface area contributed by atoms with E-state index in [9.17, 15) is 5.11 Å². The van der Waals surface area contributed by atoms with E-state index in [1.165, 1.54) is 44.9 Å². The fourth-order valence-corrected chi connectivity index (χ4v) is 8.18. The Kier molecular flexibility index (Phi) is 4.00. The van der Waals surface area contributed by atoms with Gasteiger partial charge in [0.2, 0.25) is 0 Å². The van der Waals surface area contributed by atoms with Gasteiger partial charge in [-0.25, -0.2) is 0 Å². The van der Waals surface area contributed by atoms with Crippen LogP contribution in [0.2, 0.25) is 0 Å². The highest BCUT2D eigenvalue weighted by Crippen LogP contribution is 2.70. The molecule has 4 aliphatic carbocycles. The van der Waals surface area contributed by atoms with Crippen LogP contribution in [-0.2, 0) is 0 Å². The summed E-state index contributed by atoms with van der Waals surface area (Å²) < 4.78 is 0. The molecule has 0 saturated heterocycles. The first kappa shape index (κ1) is 17.1. The quantitative estimate of drug-likeness (QED) is 0.587. The highest BCUT2D eigenvalue weighted by atomic mass is 16.3. The van der Waals surface area contributed by atoms with Gasteiger partial charge < -0.3 is 5.11 Å². The number of hydrogen-bond donors (Lipinski definition) is 1. The summed E-state index contributed by atoms with van der Waals surface area (Å²) >= 11 is 0. The molecule has 4 rings (SSSR count). The molecule has 0 bridgehead atoms. The van der Waals surface area contributed by atoms with Crippen LogP contribution in [0, 0.1) is 39.9 Å². The fourth-order valence-electron chi connectivity index (χ4n) is 8.18. The van der Waals surface area contributed by atoms with Gasteiger partial charge in [-0.3, -0.25) is 0 Å². The summed E-state index contributed by atoms with van der Waals surface area (Å²) in [4.78, 5) is 0. The van der Waals surface area contributed by atoms with Crippen LogP contribution in [-0.4, -0.2) is 11.2 Å². The summed E-state index contributed by atoms with van der Waals surface area (Å²) in [5.74, 6) is 3.60. The Bertz CT molecular complexity index is 524. The first-order valence-corrected chi connectivity index (χ1v) is 10.7. The molecular formula is C23H38O. The lowest BCUT2D eigenvalue weighted by Gasteiger charge is -2.61. The molecule has 4 saturated carbocycles. The minimum Gasteiger partial charge on any atom is -0.393 e. The van der Waals surface area contributed by atoms with E-state index in [-0.39, 0.29) is 6.10 Å². The highest BCUT2D eigenvalue weighted by molar-refractivity contribution is 5.17. The van der Waals surface area contributed by atoms with Gasteiger partial charge in [0.15, 0.2) is 0 Å². The standard InChI is InChI=1S/C23H38O/c1-5-11-21(2)12-9-20-18-7-6-16-15-17(24)8-13-22(16,3)19(18)10-14-23(20,21)4/h5,11,16-20,24H,6-10,12-15H2,1-4H3/b11-5+/t16?,17?,18?,19-,20-,21-,22-,23-/m0/s1. The zero-order valence-corrected chi connectivity index (χ0v) is 16.4. The topological polar surface area (TPSA) is 20.2 Å². The van der Waals surface area contributed by atoms with Crippen molar-refractivity contribution in [1.82, 2.24) is 0 Å². The summed E-state index contributed by atoms with van der Waals surface area (Å²) in [6.45, 7) is 9.97. The van der Waals surface area contributed by atoms with Crippen molar-refractivity contribution in [3.8, 4) is 0 Å². The van der Waals surface area contributed by atoms with Crippen molar-refractivity contribution in [3.05, 3.63) is 12.2 Å². The van der Waals surface area contributed by atoms with Crippen molar-refractivity contribution in [2.75, 3.05) is 0 Å². The predicted molar refractivity (Wildman–Crippen MR) is 101 cm³/mol. The first-order chi connectivity index (χ1) is 11.3. The van der Waals surface area contributed by atoms with Gasteiger partial charge >= 0.3 is 0 Å². The molecule has 0 heterocycles. The molecule has 0 aromatic carbocycles. The second-order valence-electron chi connectivity index (χ2n) is 10.5. The number of hydrogen-bond acceptors (Lipinski definition) is 1. The van der Waals surface area contributed by atoms with Crippen LogP contribution in [0.4, 0.5) is 0 Å². The second kappa shape index (κ2) is 5.60. The maximum Gasteiger partial charge on any atom is 0.0543 e. The lowest BCUT2D eigenvalue weighted by molar-refractivity contribution is -0.131. The zero-order valence-electron chi connectivity index (χ0n) is 16.4. The average molecular weight is 331 g/mol. The van der Waals surface area contributed by atoms with Crippen LogP contribution in [0.15, 0.2) is 12.2 Å². The smallest absolute Gasteiger partial charge is 0.0543 e. The van der Waals surface area contributed by atoms with Crippen LogP contribution < -0.4 is 0 Å². The van der Waals surface area contributed by atoms with Gasteiger partial charge in [0.25, 0.3) is 0 Å². The summed E-state index contributed by atoms with van der Waals surface area (Å²) in [7, 11) is 0. The molecule has 4 aliphatic rings. The van der Waals surface area contributed by atoms with E-state index in [1.54, 1.807) is 0 Å². The molecule has 1 nitrogen and oxygen atoms in total. The summed E-state index contributed by atoms with van der Waals surface area (Å²) in [5.41, 5.74) is 1.44. The van der Waals surface area contributed by atoms with Gasteiger partial charge in [0, 0.05) is 0 Å². The maximum absolute atomic E-state index is 10.2. The van der Waals surface area contributed by atoms with Gasteiger partial charge in [0.05, 0.1) is 6.10 Å². The maximum atomic E-state index is 10.2. The summed E-state index contributed by atoms with van der Waals surface area (Å²) in [6, 6.07) is 0. The van der Waals surface area contributed by atoms with Crippen molar-refractivity contribution >= 4 is 0 Å². The number of allylic oxidation sites excluding steroid dienone is 2. The van der Waals surface area contributed by atoms with E-state index in [2.05, 4.69) is 39.8 Å². The van der Waals surface area contributed by atoms with Crippen molar-refractivity contribution in [2.45, 2.75) is 91.6 Å². The fraction of sp³-hybridized carbons (Fsp3) is 0.913. The Morgan fingerprint density at radius 2 is 1.62 bits per heavy atom. The Morgan fingerprint density at radius 3 is 2.38 bits per heavy atom. The van der Waals surface area contributed by atoms with Crippen molar-refractivity contribution < 1.29 is 5.11 Å². The Morgan fingerprint density at radius 1 is 0.875 bits per heavy atom. The van der Waals surface area contributed by atoms with Crippen LogP contribution in [0.25, 0.3) is 0 Å². The highest BCUT2D eigenvalue weighted by Gasteiger charge is 2.62. The van der Waals surface area contributed by atoms with Crippen LogP contribution in [0.5, 0.6) is 0 Å². The Hall–Kier alpha value is -0.300. The SMILES string of the molecule is C/C=C/[C@@]1(C)CC[C@H]2C3CCC4CC(O)CC[C@]4(C)[C@H]3CC[C@@]21C. The molecule has 1 N–H and O–H groups in total. The molecule has 4 fully saturated rings. The van der Waals surface area contributed by atoms with Crippen LogP contribution >= 0.6 is 0 Å². The van der Waals surface area contributed by atoms with E-state index in [0.717, 1.165) is 36.5 Å². The van der Waals surface area contributed by atoms with Gasteiger partial charge in [0.1, 0.15) is 0 Å². The van der Waals surface area contributed by atoms with Crippen LogP contribution in [0.3, 0.4) is 0 Å². The number of rotatable bonds is 1. The van der Waals surface area contributed by atoms with E-state index in [4.69, 9.17) is 0 Å². The largest absolute Gasteiger partial charge is 0.393 e. The molecule has 3 unspecified atom stereocenters. The summed E-state index contributed by atoms with van der Waals surface area (Å²) in [6.07, 6.45) is 16.7. The van der Waals surface area contributed by atoms with Gasteiger partial charge in [-0.1, -0.05) is 32.9 Å². The molecule has 0 aliphatic heterocycles. The summed E-state index contributed by atoms with van der Waals surface area (Å²) in [5, 5.41) is 10.2. The van der Waals surface area contributed by atoms with Crippen molar-refractivity contribution in [3.63, 3.8) is 0 Å². The number of aliphatic hydroxyl groups is 1. The molecule has 24 heavy (non-hydrogen) atoms. The normalized spacial score (nSPS) is 57.5. The number of aliphatic hydroxyl groups excluding tert-OH is 1. The molecule has 0 aromatic rings. The monoisotopic (exact) mass is 330 g/mol. The third kappa shape index (κ3) is 2.15. The Labute approximate surface area is 149 Å². The van der Waals surface area contributed by atoms with E-state index >= 15 is 0 Å². The van der Waals surface area contributed by atoms with E-state index in [0.29, 0.717) is 16.2 Å². The molecule has 8 atom stereocenters. The van der Waals surface area contributed by atoms with Gasteiger partial charge in [-0.05, 0) is 105 Å². The zero-order chi connectivity index (χ0) is 17.2. The van der Waals surface area contributed by atoms with Gasteiger partial charge in [-0.15, -0.1) is 0 Å². The first-order valence-electron chi connectivity index (χ1n) is 10.7. The van der Waals surface area contributed by atoms with E-state index in [1.807, 2.05) is 0 Å². The minimum absolute atomic E-state index is 0.0158. The van der Waals surface area contributed by atoms with Crippen molar-refractivity contribution in [2.24, 2.45) is 39.9 Å². The second-order valence-corrected chi connectivity index (χ2v) is 10.5. The molecule has 0 radical (unpaired) electrons. The minimum atomic E-state index is -0.0158. The third-order valence-corrected chi connectivity index (χ3v) is 9.84. The molecular weight excluding hydrogens is 292 g/mol. The lowest BCUT2D eigenvalue weighted by Crippen LogP contribution is -2.54. The van der Waals surface area contributed by atoms with Gasteiger partial charge in [-0.2, -0.15) is 0 Å². The predicted octanol–water partition coefficient (Wildman–Crippen LogP) is 5.97. The van der Waals surface area contributed by atoms with Crippen LogP contribution in [0.1, 0.15) is 85.5 Å². The molecule has 0 aromatic heterocycles. The lowest BCUT2D eigenvalue weighted by atomic mass is 9.43. The van der Waals surface area contributed by atoms with E-state index < -0.39 is 0 Å².